The minimum absolute atomic E-state index is 0.149. The summed E-state index contributed by atoms with van der Waals surface area (Å²) in [5.41, 5.74) is 1.11. The maximum absolute atomic E-state index is 12.4. The molecule has 0 saturated heterocycles. The molecule has 0 radical (unpaired) electrons. The average molecular weight is 556 g/mol. The predicted octanol–water partition coefficient (Wildman–Crippen LogP) is 7.10. The van der Waals surface area contributed by atoms with Crippen LogP contribution in [0.1, 0.15) is 25.7 Å². The van der Waals surface area contributed by atoms with Crippen LogP contribution in [0.3, 0.4) is 0 Å². The van der Waals surface area contributed by atoms with E-state index in [1.54, 1.807) is 0 Å². The second kappa shape index (κ2) is 11.2. The van der Waals surface area contributed by atoms with Gasteiger partial charge in [0.15, 0.2) is 0 Å². The highest BCUT2D eigenvalue weighted by molar-refractivity contribution is 6.50. The van der Waals surface area contributed by atoms with Gasteiger partial charge < -0.3 is 20.9 Å². The maximum atomic E-state index is 12.4. The predicted molar refractivity (Wildman–Crippen MR) is 147 cm³/mol. The van der Waals surface area contributed by atoms with Crippen molar-refractivity contribution >= 4 is 80.8 Å². The molecule has 1 aromatic heterocycles. The van der Waals surface area contributed by atoms with Crippen molar-refractivity contribution in [2.75, 3.05) is 36.2 Å². The molecule has 1 aliphatic carbocycles. The van der Waals surface area contributed by atoms with Crippen molar-refractivity contribution in [1.29, 1.82) is 0 Å². The largest absolute Gasteiger partial charge is 0.362 e. The average Bonchev–Trinajstić information content (AvgIpc) is 2.84. The lowest BCUT2D eigenvalue weighted by Crippen LogP contribution is -2.36. The third-order valence-electron chi connectivity index (χ3n) is 6.09. The standard InChI is InChI=1S/C24H26Cl4N6O/c1-34(2)22-15-5-3-4-6-18(15)31-23(33-22)30-14-9-7-13(8-10-14)12-29-24(35)32-21-19(27)16(25)11-17(26)20(21)28/h3-6,11,13-14H,7-10,12H2,1-2H3,(H2,29,32,35)(H,30,31,33)/t13-,14+. The number of halogens is 4. The van der Waals surface area contributed by atoms with Gasteiger partial charge in [-0.05, 0) is 49.8 Å². The summed E-state index contributed by atoms with van der Waals surface area (Å²) >= 11 is 24.4. The van der Waals surface area contributed by atoms with E-state index in [9.17, 15) is 4.79 Å². The molecule has 3 N–H and O–H groups in total. The highest BCUT2D eigenvalue weighted by Crippen LogP contribution is 2.41. The van der Waals surface area contributed by atoms with Crippen LogP contribution >= 0.6 is 46.4 Å². The monoisotopic (exact) mass is 554 g/mol. The van der Waals surface area contributed by atoms with Gasteiger partial charge in [-0.1, -0.05) is 58.5 Å². The molecule has 0 bridgehead atoms. The molecule has 0 unspecified atom stereocenters. The van der Waals surface area contributed by atoms with Gasteiger partial charge >= 0.3 is 6.03 Å². The van der Waals surface area contributed by atoms with E-state index in [1.165, 1.54) is 6.07 Å². The molecule has 0 atom stereocenters. The molecule has 2 amide bonds. The van der Waals surface area contributed by atoms with E-state index in [0.717, 1.165) is 42.4 Å². The summed E-state index contributed by atoms with van der Waals surface area (Å²) in [5, 5.41) is 10.8. The fourth-order valence-corrected chi connectivity index (χ4v) is 5.14. The van der Waals surface area contributed by atoms with Gasteiger partial charge in [0.05, 0.1) is 31.3 Å². The molecule has 3 aromatic rings. The van der Waals surface area contributed by atoms with E-state index < -0.39 is 6.03 Å². The minimum Gasteiger partial charge on any atom is -0.362 e. The molecule has 0 aliphatic heterocycles. The van der Waals surface area contributed by atoms with Crippen LogP contribution in [0.5, 0.6) is 0 Å². The number of nitrogens with zero attached hydrogens (tertiary/aromatic N) is 3. The van der Waals surface area contributed by atoms with Crippen molar-refractivity contribution in [1.82, 2.24) is 15.3 Å². The van der Waals surface area contributed by atoms with E-state index in [1.807, 2.05) is 43.3 Å². The molecular formula is C24H26Cl4N6O. The first-order chi connectivity index (χ1) is 16.7. The summed E-state index contributed by atoms with van der Waals surface area (Å²) in [7, 11) is 3.96. The van der Waals surface area contributed by atoms with Crippen molar-refractivity contribution in [3.63, 3.8) is 0 Å². The van der Waals surface area contributed by atoms with E-state index in [-0.39, 0.29) is 31.8 Å². The van der Waals surface area contributed by atoms with Crippen LogP contribution in [0.4, 0.5) is 22.2 Å². The number of carbonyl (C=O) groups is 1. The molecule has 1 aliphatic rings. The van der Waals surface area contributed by atoms with Gasteiger partial charge in [0.25, 0.3) is 0 Å². The first-order valence-corrected chi connectivity index (χ1v) is 12.8. The number of anilines is 3. The lowest BCUT2D eigenvalue weighted by molar-refractivity contribution is 0.246. The number of benzene rings is 2. The normalized spacial score (nSPS) is 17.8. The van der Waals surface area contributed by atoms with Crippen molar-refractivity contribution < 1.29 is 4.79 Å². The number of nitrogens with one attached hydrogen (secondary N) is 3. The van der Waals surface area contributed by atoms with Crippen molar-refractivity contribution in [2.45, 2.75) is 31.7 Å². The van der Waals surface area contributed by atoms with Crippen molar-refractivity contribution in [3.05, 3.63) is 50.4 Å². The fraction of sp³-hybridized carbons (Fsp3) is 0.375. The second-order valence-corrected chi connectivity index (χ2v) is 10.4. The highest BCUT2D eigenvalue weighted by atomic mass is 35.5. The molecule has 4 rings (SSSR count). The Morgan fingerprint density at radius 1 is 1.00 bits per heavy atom. The molecule has 7 nitrogen and oxygen atoms in total. The lowest BCUT2D eigenvalue weighted by atomic mass is 9.86. The number of hydrogen-bond donors (Lipinski definition) is 3. The van der Waals surface area contributed by atoms with Crippen molar-refractivity contribution in [2.24, 2.45) is 5.92 Å². The number of urea groups is 1. The summed E-state index contributed by atoms with van der Waals surface area (Å²) in [4.78, 5) is 23.9. The summed E-state index contributed by atoms with van der Waals surface area (Å²) in [6, 6.07) is 9.32. The number of hydrogen-bond acceptors (Lipinski definition) is 5. The SMILES string of the molecule is CN(C)c1nc(N[C@H]2CC[C@@H](CNC(=O)Nc3c(Cl)c(Cl)cc(Cl)c3Cl)CC2)nc2ccccc12. The topological polar surface area (TPSA) is 82.2 Å². The van der Waals surface area contributed by atoms with Gasteiger partial charge in [0.1, 0.15) is 5.82 Å². The lowest BCUT2D eigenvalue weighted by Gasteiger charge is -2.29. The number of para-hydroxylation sites is 1. The van der Waals surface area contributed by atoms with Crippen LogP contribution in [-0.4, -0.2) is 42.7 Å². The van der Waals surface area contributed by atoms with Crippen LogP contribution in [-0.2, 0) is 0 Å². The highest BCUT2D eigenvalue weighted by Gasteiger charge is 2.23. The first-order valence-electron chi connectivity index (χ1n) is 11.3. The molecule has 1 fully saturated rings. The van der Waals surface area contributed by atoms with Gasteiger partial charge in [-0.15, -0.1) is 0 Å². The molecule has 1 heterocycles. The zero-order valence-corrected chi connectivity index (χ0v) is 22.4. The van der Waals surface area contributed by atoms with Gasteiger partial charge in [0, 0.05) is 32.1 Å². The zero-order chi connectivity index (χ0) is 25.1. The summed E-state index contributed by atoms with van der Waals surface area (Å²) in [5.74, 6) is 1.90. The molecule has 186 valence electrons. The molecule has 2 aromatic carbocycles. The van der Waals surface area contributed by atoms with Gasteiger partial charge in [0.2, 0.25) is 5.95 Å². The summed E-state index contributed by atoms with van der Waals surface area (Å²) < 4.78 is 0. The Kier molecular flexibility index (Phi) is 8.32. The maximum Gasteiger partial charge on any atom is 0.319 e. The zero-order valence-electron chi connectivity index (χ0n) is 19.3. The number of amides is 2. The van der Waals surface area contributed by atoms with Crippen LogP contribution in [0.2, 0.25) is 20.1 Å². The van der Waals surface area contributed by atoms with Gasteiger partial charge in [-0.2, -0.15) is 4.98 Å². The third kappa shape index (κ3) is 6.15. The molecule has 0 spiro atoms. The quantitative estimate of drug-likeness (QED) is 0.282. The van der Waals surface area contributed by atoms with E-state index >= 15 is 0 Å². The molecule has 35 heavy (non-hydrogen) atoms. The van der Waals surface area contributed by atoms with E-state index in [4.69, 9.17) is 56.4 Å². The number of aromatic nitrogens is 2. The van der Waals surface area contributed by atoms with Gasteiger partial charge in [-0.25, -0.2) is 9.78 Å². The smallest absolute Gasteiger partial charge is 0.319 e. The Balaban J connectivity index is 1.30. The number of rotatable bonds is 6. The summed E-state index contributed by atoms with van der Waals surface area (Å²) in [6.45, 7) is 0.541. The van der Waals surface area contributed by atoms with Crippen LogP contribution in [0.15, 0.2) is 30.3 Å². The van der Waals surface area contributed by atoms with E-state index in [2.05, 4.69) is 16.0 Å². The Hall–Kier alpha value is -2.19. The van der Waals surface area contributed by atoms with Gasteiger partial charge in [-0.3, -0.25) is 0 Å². The minimum atomic E-state index is -0.409. The Labute approximate surface area is 224 Å². The Morgan fingerprint density at radius 2 is 1.66 bits per heavy atom. The Morgan fingerprint density at radius 3 is 2.31 bits per heavy atom. The molecule has 1 saturated carbocycles. The van der Waals surface area contributed by atoms with Crippen LogP contribution in [0, 0.1) is 5.92 Å². The summed E-state index contributed by atoms with van der Waals surface area (Å²) in [6.07, 6.45) is 3.86. The molecular weight excluding hydrogens is 530 g/mol. The van der Waals surface area contributed by atoms with E-state index in [0.29, 0.717) is 18.4 Å². The Bertz CT molecular complexity index is 1200. The third-order valence-corrected chi connectivity index (χ3v) is 7.66. The van der Waals surface area contributed by atoms with Crippen LogP contribution in [0.25, 0.3) is 10.9 Å². The van der Waals surface area contributed by atoms with Crippen LogP contribution < -0.4 is 20.9 Å². The first kappa shape index (κ1) is 25.9. The number of fused-ring (bicyclic) bond motifs is 1. The molecule has 11 heteroatoms. The fourth-order valence-electron chi connectivity index (χ4n) is 4.24. The second-order valence-electron chi connectivity index (χ2n) is 8.82. The van der Waals surface area contributed by atoms with Crippen molar-refractivity contribution in [3.8, 4) is 0 Å². The number of carbonyl (C=O) groups excluding carboxylic acids is 1.